The summed E-state index contributed by atoms with van der Waals surface area (Å²) in [4.78, 5) is 29.1. The van der Waals surface area contributed by atoms with Gasteiger partial charge < -0.3 is 10.1 Å². The molecule has 0 atom stereocenters. The van der Waals surface area contributed by atoms with Gasteiger partial charge in [-0.3, -0.25) is 14.6 Å². The van der Waals surface area contributed by atoms with E-state index in [-0.39, 0.29) is 12.0 Å². The third kappa shape index (κ3) is 6.65. The fourth-order valence-electron chi connectivity index (χ4n) is 5.22. The first-order valence-electron chi connectivity index (χ1n) is 13.4. The maximum atomic E-state index is 12.8. The average molecular weight is 552 g/mol. The van der Waals surface area contributed by atoms with Crippen molar-refractivity contribution in [3.63, 3.8) is 0 Å². The van der Waals surface area contributed by atoms with Crippen LogP contribution in [-0.4, -0.2) is 47.0 Å². The van der Waals surface area contributed by atoms with E-state index >= 15 is 0 Å². The Morgan fingerprint density at radius 1 is 0.875 bits per heavy atom. The molecule has 6 nitrogen and oxygen atoms in total. The number of hydrogen-bond acceptors (Lipinski definition) is 4. The predicted octanol–water partition coefficient (Wildman–Crippen LogP) is 5.93. The van der Waals surface area contributed by atoms with Crippen LogP contribution in [0.3, 0.4) is 0 Å². The number of aryl methyl sites for hydroxylation is 1. The van der Waals surface area contributed by atoms with Crippen LogP contribution in [0.4, 0.5) is 18.0 Å². The lowest BCUT2D eigenvalue weighted by Crippen LogP contribution is -2.46. The van der Waals surface area contributed by atoms with Crippen LogP contribution in [0.5, 0.6) is 0 Å². The zero-order valence-electron chi connectivity index (χ0n) is 22.3. The Morgan fingerprint density at radius 2 is 1.45 bits per heavy atom. The summed E-state index contributed by atoms with van der Waals surface area (Å²) in [5.74, 6) is -0.158. The van der Waals surface area contributed by atoms with E-state index in [0.717, 1.165) is 28.8 Å². The van der Waals surface area contributed by atoms with Crippen molar-refractivity contribution in [2.45, 2.75) is 51.2 Å². The number of alkyl halides is 3. The number of benzene rings is 3. The highest BCUT2D eigenvalue weighted by molar-refractivity contribution is 5.94. The second-order valence-corrected chi connectivity index (χ2v) is 10.7. The van der Waals surface area contributed by atoms with Crippen molar-refractivity contribution >= 4 is 12.0 Å². The lowest BCUT2D eigenvalue weighted by Gasteiger charge is -2.37. The molecule has 5 rings (SSSR count). The molecule has 2 aliphatic rings. The molecule has 9 heteroatoms. The average Bonchev–Trinajstić information content (AvgIpc) is 3.23. The fourth-order valence-corrected chi connectivity index (χ4v) is 5.22. The summed E-state index contributed by atoms with van der Waals surface area (Å²) >= 11 is 0. The van der Waals surface area contributed by atoms with Crippen molar-refractivity contribution < 1.29 is 27.5 Å². The Bertz CT molecular complexity index is 1330. The molecule has 1 spiro atoms. The molecule has 210 valence electrons. The number of nitrogens with one attached hydrogen (secondary N) is 1. The van der Waals surface area contributed by atoms with E-state index in [4.69, 9.17) is 4.74 Å². The number of hydrogen-bond donors (Lipinski definition) is 1. The molecule has 0 bridgehead atoms. The number of amides is 2. The number of carbonyl (C=O) groups is 2. The molecule has 2 fully saturated rings. The number of likely N-dealkylation sites (tertiary alicyclic amines) is 1. The second-order valence-electron chi connectivity index (χ2n) is 10.7. The van der Waals surface area contributed by atoms with Gasteiger partial charge in [0.1, 0.15) is 5.60 Å². The lowest BCUT2D eigenvalue weighted by molar-refractivity contribution is -0.137. The van der Waals surface area contributed by atoms with E-state index in [1.54, 1.807) is 17.0 Å². The zero-order valence-corrected chi connectivity index (χ0v) is 22.3. The van der Waals surface area contributed by atoms with Crippen LogP contribution >= 0.6 is 0 Å². The van der Waals surface area contributed by atoms with Crippen molar-refractivity contribution in [2.75, 3.05) is 19.6 Å². The van der Waals surface area contributed by atoms with Crippen molar-refractivity contribution in [2.24, 2.45) is 0 Å². The van der Waals surface area contributed by atoms with Gasteiger partial charge in [-0.05, 0) is 47.9 Å². The molecule has 1 N–H and O–H groups in total. The van der Waals surface area contributed by atoms with Crippen molar-refractivity contribution in [3.05, 3.63) is 106 Å². The van der Waals surface area contributed by atoms with Crippen molar-refractivity contribution in [1.29, 1.82) is 0 Å². The monoisotopic (exact) mass is 551 g/mol. The molecular weight excluding hydrogens is 519 g/mol. The number of rotatable bonds is 7. The largest absolute Gasteiger partial charge is 0.441 e. The number of halogens is 3. The number of ether oxygens (including phenoxy) is 1. The lowest BCUT2D eigenvalue weighted by atomic mass is 9.91. The number of piperidine rings is 1. The van der Waals surface area contributed by atoms with Gasteiger partial charge in [-0.15, -0.1) is 0 Å². The van der Waals surface area contributed by atoms with Crippen LogP contribution < -0.4 is 5.32 Å². The van der Waals surface area contributed by atoms with Gasteiger partial charge in [0.05, 0.1) is 12.1 Å². The van der Waals surface area contributed by atoms with Crippen LogP contribution in [0.2, 0.25) is 0 Å². The van der Waals surface area contributed by atoms with Crippen LogP contribution in [0.25, 0.3) is 0 Å². The van der Waals surface area contributed by atoms with Gasteiger partial charge in [0.2, 0.25) is 0 Å². The van der Waals surface area contributed by atoms with Gasteiger partial charge in [0.15, 0.2) is 0 Å². The molecule has 40 heavy (non-hydrogen) atoms. The summed E-state index contributed by atoms with van der Waals surface area (Å²) in [6.45, 7) is 5.27. The SMILES string of the molecule is Cc1ccc(CNC(=O)c2ccc(CN3CC4(CCN(Cc5ccc(C(F)(F)F)cc5)CC4)OC3=O)cc2)cc1. The number of carbonyl (C=O) groups excluding carboxylic acids is 2. The van der Waals surface area contributed by atoms with Crippen LogP contribution in [0.1, 0.15) is 51.0 Å². The van der Waals surface area contributed by atoms with E-state index in [1.807, 2.05) is 43.3 Å². The van der Waals surface area contributed by atoms with Gasteiger partial charge in [-0.2, -0.15) is 13.2 Å². The summed E-state index contributed by atoms with van der Waals surface area (Å²) in [5, 5.41) is 2.93. The topological polar surface area (TPSA) is 61.9 Å². The van der Waals surface area contributed by atoms with Gasteiger partial charge in [-0.25, -0.2) is 4.79 Å². The summed E-state index contributed by atoms with van der Waals surface area (Å²) in [6.07, 6.45) is -3.37. The molecular formula is C31H32F3N3O3. The maximum absolute atomic E-state index is 12.8. The molecule has 0 saturated carbocycles. The molecule has 2 heterocycles. The third-order valence-electron chi connectivity index (χ3n) is 7.66. The van der Waals surface area contributed by atoms with Crippen LogP contribution in [0, 0.1) is 6.92 Å². The first-order valence-corrected chi connectivity index (χ1v) is 13.4. The van der Waals surface area contributed by atoms with Gasteiger partial charge in [0.25, 0.3) is 5.91 Å². The van der Waals surface area contributed by atoms with Crippen LogP contribution in [-0.2, 0) is 30.5 Å². The van der Waals surface area contributed by atoms with Gasteiger partial charge >= 0.3 is 12.3 Å². The standard InChI is InChI=1S/C31H32F3N3O3/c1-22-2-4-23(5-3-22)18-35-28(38)26-10-6-25(7-11-26)20-37-21-30(40-29(37)39)14-16-36(17-15-30)19-24-8-12-27(13-9-24)31(32,33)34/h2-13H,14-21H2,1H3,(H,35,38). The van der Waals surface area contributed by atoms with Gasteiger partial charge in [0, 0.05) is 51.1 Å². The minimum Gasteiger partial charge on any atom is -0.441 e. The molecule has 2 saturated heterocycles. The minimum absolute atomic E-state index is 0.158. The number of nitrogens with zero attached hydrogens (tertiary/aromatic N) is 2. The molecule has 0 aromatic heterocycles. The predicted molar refractivity (Wildman–Crippen MR) is 144 cm³/mol. The minimum atomic E-state index is -4.34. The first-order chi connectivity index (χ1) is 19.1. The summed E-state index contributed by atoms with van der Waals surface area (Å²) in [5.41, 5.74) is 3.27. The first kappa shape index (κ1) is 27.7. The van der Waals surface area contributed by atoms with E-state index < -0.39 is 17.3 Å². The molecule has 2 amide bonds. The van der Waals surface area contributed by atoms with Crippen LogP contribution in [0.15, 0.2) is 72.8 Å². The molecule has 0 unspecified atom stereocenters. The third-order valence-corrected chi connectivity index (χ3v) is 7.66. The van der Waals surface area contributed by atoms with E-state index in [2.05, 4.69) is 10.2 Å². The maximum Gasteiger partial charge on any atom is 0.416 e. The normalized spacial score (nSPS) is 17.2. The van der Waals surface area contributed by atoms with Crippen molar-refractivity contribution in [3.8, 4) is 0 Å². The Hall–Kier alpha value is -3.85. The highest BCUT2D eigenvalue weighted by Gasteiger charge is 2.46. The van der Waals surface area contributed by atoms with Gasteiger partial charge in [-0.1, -0.05) is 54.1 Å². The van der Waals surface area contributed by atoms with E-state index in [9.17, 15) is 22.8 Å². The molecule has 2 aliphatic heterocycles. The fraction of sp³-hybridized carbons (Fsp3) is 0.355. The second kappa shape index (κ2) is 11.3. The molecule has 0 aliphatic carbocycles. The highest BCUT2D eigenvalue weighted by Crippen LogP contribution is 2.35. The Morgan fingerprint density at radius 3 is 2.08 bits per heavy atom. The smallest absolute Gasteiger partial charge is 0.416 e. The van der Waals surface area contributed by atoms with E-state index in [1.165, 1.54) is 17.7 Å². The zero-order chi connectivity index (χ0) is 28.3. The Labute approximate surface area is 231 Å². The van der Waals surface area contributed by atoms with E-state index in [0.29, 0.717) is 57.7 Å². The van der Waals surface area contributed by atoms with Crippen molar-refractivity contribution in [1.82, 2.24) is 15.1 Å². The Kier molecular flexibility index (Phi) is 7.85. The molecule has 3 aromatic carbocycles. The quantitative estimate of drug-likeness (QED) is 0.396. The highest BCUT2D eigenvalue weighted by atomic mass is 19.4. The Balaban J connectivity index is 1.10. The molecule has 0 radical (unpaired) electrons. The summed E-state index contributed by atoms with van der Waals surface area (Å²) < 4.78 is 44.3. The summed E-state index contributed by atoms with van der Waals surface area (Å²) in [6, 6.07) is 20.5. The molecule has 3 aromatic rings. The summed E-state index contributed by atoms with van der Waals surface area (Å²) in [7, 11) is 0.